The summed E-state index contributed by atoms with van der Waals surface area (Å²) in [6.07, 6.45) is 1.55. The highest BCUT2D eigenvalue weighted by Gasteiger charge is 2.34. The molecule has 1 saturated heterocycles. The first kappa shape index (κ1) is 15.5. The monoisotopic (exact) mass is 289 g/mol. The van der Waals surface area contributed by atoms with Gasteiger partial charge in [-0.05, 0) is 45.7 Å². The van der Waals surface area contributed by atoms with Crippen LogP contribution < -0.4 is 10.7 Å². The Morgan fingerprint density at radius 3 is 2.52 bits per heavy atom. The number of hydrogen-bond acceptors (Lipinski definition) is 3. The van der Waals surface area contributed by atoms with Crippen molar-refractivity contribution in [2.24, 2.45) is 0 Å². The van der Waals surface area contributed by atoms with Gasteiger partial charge < -0.3 is 5.32 Å². The van der Waals surface area contributed by atoms with E-state index >= 15 is 0 Å². The summed E-state index contributed by atoms with van der Waals surface area (Å²) in [6, 6.07) is 8.56. The lowest BCUT2D eigenvalue weighted by molar-refractivity contribution is -0.129. The molecule has 1 aliphatic heterocycles. The third kappa shape index (κ3) is 4.04. The van der Waals surface area contributed by atoms with Crippen LogP contribution in [-0.2, 0) is 4.79 Å². The minimum atomic E-state index is -0.467. The van der Waals surface area contributed by atoms with Crippen LogP contribution >= 0.6 is 0 Å². The molecule has 1 atom stereocenters. The Morgan fingerprint density at radius 2 is 1.90 bits per heavy atom. The Labute approximate surface area is 125 Å². The summed E-state index contributed by atoms with van der Waals surface area (Å²) in [6.45, 7) is 6.51. The second-order valence-electron chi connectivity index (χ2n) is 6.35. The van der Waals surface area contributed by atoms with Crippen LogP contribution in [0.25, 0.3) is 0 Å². The van der Waals surface area contributed by atoms with Gasteiger partial charge in [0.1, 0.15) is 6.04 Å². The maximum absolute atomic E-state index is 12.6. The van der Waals surface area contributed by atoms with Crippen molar-refractivity contribution in [3.8, 4) is 0 Å². The average molecular weight is 289 g/mol. The fraction of sp³-hybridized carbons (Fsp3) is 0.500. The molecule has 21 heavy (non-hydrogen) atoms. The summed E-state index contributed by atoms with van der Waals surface area (Å²) in [5.74, 6) is -0.275. The predicted octanol–water partition coefficient (Wildman–Crippen LogP) is 1.71. The van der Waals surface area contributed by atoms with Crippen LogP contribution in [0.5, 0.6) is 0 Å². The van der Waals surface area contributed by atoms with E-state index in [0.29, 0.717) is 18.5 Å². The number of hydrazine groups is 1. The summed E-state index contributed by atoms with van der Waals surface area (Å²) in [5.41, 5.74) is 3.33. The van der Waals surface area contributed by atoms with Crippen molar-refractivity contribution >= 4 is 11.8 Å². The molecule has 1 unspecified atom stereocenters. The fourth-order valence-corrected chi connectivity index (χ4v) is 2.37. The van der Waals surface area contributed by atoms with Crippen molar-refractivity contribution in [1.29, 1.82) is 0 Å². The Balaban J connectivity index is 2.16. The molecule has 0 aliphatic carbocycles. The number of hydrogen-bond donors (Lipinski definition) is 2. The van der Waals surface area contributed by atoms with E-state index in [9.17, 15) is 9.59 Å². The molecular formula is C16H23N3O2. The summed E-state index contributed by atoms with van der Waals surface area (Å²) in [5, 5.41) is 4.42. The second kappa shape index (κ2) is 6.26. The van der Waals surface area contributed by atoms with Gasteiger partial charge in [-0.25, -0.2) is 5.43 Å². The molecule has 5 nitrogen and oxygen atoms in total. The third-order valence-corrected chi connectivity index (χ3v) is 3.29. The lowest BCUT2D eigenvalue weighted by Crippen LogP contribution is -2.60. The highest BCUT2D eigenvalue weighted by Crippen LogP contribution is 2.15. The van der Waals surface area contributed by atoms with Gasteiger partial charge in [-0.3, -0.25) is 14.6 Å². The van der Waals surface area contributed by atoms with E-state index in [1.807, 2.05) is 39.0 Å². The largest absolute Gasteiger partial charge is 0.350 e. The SMILES string of the molecule is CC(C)(C)NC(=O)C1CCCNN1C(=O)c1ccccc1. The molecule has 2 amide bonds. The van der Waals surface area contributed by atoms with Crippen LogP contribution in [0.15, 0.2) is 30.3 Å². The van der Waals surface area contributed by atoms with Crippen molar-refractivity contribution in [2.75, 3.05) is 6.54 Å². The van der Waals surface area contributed by atoms with Gasteiger partial charge in [0.15, 0.2) is 0 Å². The Hall–Kier alpha value is -1.88. The standard InChI is InChI=1S/C16H23N3O2/c1-16(2,3)18-14(20)13-10-7-11-17-19(13)15(21)12-8-5-4-6-9-12/h4-6,8-9,13,17H,7,10-11H2,1-3H3,(H,18,20). The normalized spacial score (nSPS) is 19.2. The van der Waals surface area contributed by atoms with E-state index < -0.39 is 6.04 Å². The number of carbonyl (C=O) groups is 2. The molecule has 5 heteroatoms. The summed E-state index contributed by atoms with van der Waals surface area (Å²) in [4.78, 5) is 25.0. The van der Waals surface area contributed by atoms with Crippen molar-refractivity contribution in [3.05, 3.63) is 35.9 Å². The van der Waals surface area contributed by atoms with Crippen molar-refractivity contribution in [3.63, 3.8) is 0 Å². The zero-order valence-electron chi connectivity index (χ0n) is 12.8. The summed E-state index contributed by atoms with van der Waals surface area (Å²) in [7, 11) is 0. The smallest absolute Gasteiger partial charge is 0.268 e. The van der Waals surface area contributed by atoms with Gasteiger partial charge in [0.2, 0.25) is 5.91 Å². The van der Waals surface area contributed by atoms with E-state index in [0.717, 1.165) is 6.42 Å². The first-order valence-corrected chi connectivity index (χ1v) is 7.32. The molecule has 1 fully saturated rings. The van der Waals surface area contributed by atoms with Gasteiger partial charge in [0, 0.05) is 17.6 Å². The van der Waals surface area contributed by atoms with Crippen LogP contribution in [0.2, 0.25) is 0 Å². The van der Waals surface area contributed by atoms with Crippen LogP contribution in [0.4, 0.5) is 0 Å². The molecule has 1 aromatic carbocycles. The van der Waals surface area contributed by atoms with E-state index in [-0.39, 0.29) is 17.4 Å². The van der Waals surface area contributed by atoms with E-state index in [2.05, 4.69) is 10.7 Å². The molecule has 1 aliphatic rings. The van der Waals surface area contributed by atoms with E-state index in [1.165, 1.54) is 5.01 Å². The minimum Gasteiger partial charge on any atom is -0.350 e. The van der Waals surface area contributed by atoms with Gasteiger partial charge in [-0.1, -0.05) is 18.2 Å². The summed E-state index contributed by atoms with van der Waals surface area (Å²) < 4.78 is 0. The number of nitrogens with zero attached hydrogens (tertiary/aromatic N) is 1. The molecule has 0 radical (unpaired) electrons. The molecular weight excluding hydrogens is 266 g/mol. The first-order chi connectivity index (χ1) is 9.88. The summed E-state index contributed by atoms with van der Waals surface area (Å²) >= 11 is 0. The van der Waals surface area contributed by atoms with Crippen molar-refractivity contribution in [1.82, 2.24) is 15.8 Å². The highest BCUT2D eigenvalue weighted by molar-refractivity contribution is 5.97. The number of amides is 2. The molecule has 2 rings (SSSR count). The lowest BCUT2D eigenvalue weighted by Gasteiger charge is -2.36. The Bertz CT molecular complexity index is 508. The predicted molar refractivity (Wildman–Crippen MR) is 81.5 cm³/mol. The van der Waals surface area contributed by atoms with Crippen LogP contribution in [-0.4, -0.2) is 34.9 Å². The molecule has 1 heterocycles. The lowest BCUT2D eigenvalue weighted by atomic mass is 10.0. The Kier molecular flexibility index (Phi) is 4.63. The molecule has 0 saturated carbocycles. The van der Waals surface area contributed by atoms with Crippen LogP contribution in [0.3, 0.4) is 0 Å². The van der Waals surface area contributed by atoms with Gasteiger partial charge in [0.25, 0.3) is 5.91 Å². The first-order valence-electron chi connectivity index (χ1n) is 7.32. The van der Waals surface area contributed by atoms with Gasteiger partial charge in [-0.15, -0.1) is 0 Å². The van der Waals surface area contributed by atoms with Gasteiger partial charge in [-0.2, -0.15) is 0 Å². The topological polar surface area (TPSA) is 61.4 Å². The van der Waals surface area contributed by atoms with Gasteiger partial charge in [0.05, 0.1) is 0 Å². The zero-order chi connectivity index (χ0) is 15.5. The highest BCUT2D eigenvalue weighted by atomic mass is 16.2. The molecule has 114 valence electrons. The van der Waals surface area contributed by atoms with Crippen molar-refractivity contribution < 1.29 is 9.59 Å². The minimum absolute atomic E-state index is 0.112. The maximum atomic E-state index is 12.6. The maximum Gasteiger partial charge on any atom is 0.268 e. The zero-order valence-corrected chi connectivity index (χ0v) is 12.8. The van der Waals surface area contributed by atoms with E-state index in [1.54, 1.807) is 12.1 Å². The molecule has 0 bridgehead atoms. The van der Waals surface area contributed by atoms with Crippen molar-refractivity contribution in [2.45, 2.75) is 45.2 Å². The van der Waals surface area contributed by atoms with Crippen LogP contribution in [0, 0.1) is 0 Å². The number of benzene rings is 1. The van der Waals surface area contributed by atoms with E-state index in [4.69, 9.17) is 0 Å². The number of carbonyl (C=O) groups excluding carboxylic acids is 2. The number of nitrogens with one attached hydrogen (secondary N) is 2. The quantitative estimate of drug-likeness (QED) is 0.871. The average Bonchev–Trinajstić information content (AvgIpc) is 2.45. The number of rotatable bonds is 2. The Morgan fingerprint density at radius 1 is 1.24 bits per heavy atom. The fourth-order valence-electron chi connectivity index (χ4n) is 2.37. The van der Waals surface area contributed by atoms with Crippen LogP contribution in [0.1, 0.15) is 44.0 Å². The molecule has 2 N–H and O–H groups in total. The van der Waals surface area contributed by atoms with Gasteiger partial charge >= 0.3 is 0 Å². The molecule has 0 aromatic heterocycles. The molecule has 1 aromatic rings. The second-order valence-corrected chi connectivity index (χ2v) is 6.35. The molecule has 0 spiro atoms. The third-order valence-electron chi connectivity index (χ3n) is 3.29.